The molecule has 2 aromatic rings. The standard InChI is InChI=1S/C19H24ClN5O3S/c1-14-17(19(20)24(3)22-14)7-8-18(26)21-15-5-4-6-16(13-15)29(27,28)25-11-9-23(2)10-12-25/h4-8,13H,9-12H2,1-3H3,(H,21,26)/b8-7+. The van der Waals surface area contributed by atoms with E-state index in [-0.39, 0.29) is 4.90 Å². The number of halogens is 1. The van der Waals surface area contributed by atoms with Crippen LogP contribution in [0, 0.1) is 6.92 Å². The molecule has 1 aliphatic heterocycles. The Morgan fingerprint density at radius 2 is 1.90 bits per heavy atom. The lowest BCUT2D eigenvalue weighted by Crippen LogP contribution is -2.47. The maximum atomic E-state index is 12.9. The number of benzene rings is 1. The summed E-state index contributed by atoms with van der Waals surface area (Å²) in [6.07, 6.45) is 2.93. The van der Waals surface area contributed by atoms with Crippen LogP contribution in [0.5, 0.6) is 0 Å². The Labute approximate surface area is 175 Å². The van der Waals surface area contributed by atoms with Crippen molar-refractivity contribution in [3.8, 4) is 0 Å². The van der Waals surface area contributed by atoms with Crippen LogP contribution in [0.1, 0.15) is 11.3 Å². The lowest BCUT2D eigenvalue weighted by atomic mass is 10.2. The summed E-state index contributed by atoms with van der Waals surface area (Å²) in [5, 5.41) is 7.32. The largest absolute Gasteiger partial charge is 0.322 e. The van der Waals surface area contributed by atoms with Gasteiger partial charge in [-0.15, -0.1) is 0 Å². The van der Waals surface area contributed by atoms with Crippen molar-refractivity contribution in [2.45, 2.75) is 11.8 Å². The number of likely N-dealkylation sites (N-methyl/N-ethyl adjacent to an activating group) is 1. The highest BCUT2D eigenvalue weighted by atomic mass is 35.5. The van der Waals surface area contributed by atoms with E-state index in [1.54, 1.807) is 32.2 Å². The molecular formula is C19H24ClN5O3S. The fourth-order valence-electron chi connectivity index (χ4n) is 3.09. The predicted octanol–water partition coefficient (Wildman–Crippen LogP) is 1.97. The van der Waals surface area contributed by atoms with Crippen molar-refractivity contribution in [1.82, 2.24) is 19.0 Å². The van der Waals surface area contributed by atoms with Crippen LogP contribution in [0.15, 0.2) is 35.2 Å². The van der Waals surface area contributed by atoms with Crippen LogP contribution in [-0.4, -0.2) is 66.5 Å². The van der Waals surface area contributed by atoms with Gasteiger partial charge in [-0.1, -0.05) is 17.7 Å². The smallest absolute Gasteiger partial charge is 0.248 e. The Balaban J connectivity index is 1.72. The Morgan fingerprint density at radius 1 is 1.21 bits per heavy atom. The Kier molecular flexibility index (Phi) is 6.42. The highest BCUT2D eigenvalue weighted by molar-refractivity contribution is 7.89. The lowest BCUT2D eigenvalue weighted by Gasteiger charge is -2.31. The molecule has 1 aromatic carbocycles. The minimum absolute atomic E-state index is 0.162. The van der Waals surface area contributed by atoms with Gasteiger partial charge in [0.05, 0.1) is 10.6 Å². The second-order valence-electron chi connectivity index (χ2n) is 6.97. The van der Waals surface area contributed by atoms with Crippen molar-refractivity contribution in [3.05, 3.63) is 46.8 Å². The van der Waals surface area contributed by atoms with E-state index in [9.17, 15) is 13.2 Å². The maximum Gasteiger partial charge on any atom is 0.248 e. The molecule has 0 aliphatic carbocycles. The summed E-state index contributed by atoms with van der Waals surface area (Å²) in [6, 6.07) is 6.28. The van der Waals surface area contributed by atoms with Gasteiger partial charge in [0.15, 0.2) is 0 Å². The van der Waals surface area contributed by atoms with Crippen LogP contribution in [-0.2, 0) is 21.9 Å². The number of nitrogens with zero attached hydrogens (tertiary/aromatic N) is 4. The molecule has 0 unspecified atom stereocenters. The molecule has 1 amide bonds. The van der Waals surface area contributed by atoms with Crippen LogP contribution in [0.3, 0.4) is 0 Å². The van der Waals surface area contributed by atoms with E-state index in [0.29, 0.717) is 48.3 Å². The molecule has 0 spiro atoms. The molecule has 29 heavy (non-hydrogen) atoms. The average Bonchev–Trinajstić information content (AvgIpc) is 2.92. The molecule has 0 radical (unpaired) electrons. The van der Waals surface area contributed by atoms with Crippen molar-refractivity contribution in [1.29, 1.82) is 0 Å². The second kappa shape index (κ2) is 8.66. The zero-order chi connectivity index (χ0) is 21.2. The van der Waals surface area contributed by atoms with Gasteiger partial charge < -0.3 is 10.2 Å². The molecule has 1 fully saturated rings. The minimum atomic E-state index is -3.60. The van der Waals surface area contributed by atoms with Gasteiger partial charge in [-0.2, -0.15) is 9.40 Å². The number of carbonyl (C=O) groups excluding carboxylic acids is 1. The van der Waals surface area contributed by atoms with Gasteiger partial charge in [-0.3, -0.25) is 9.48 Å². The number of aromatic nitrogens is 2. The molecular weight excluding hydrogens is 414 g/mol. The molecule has 0 bridgehead atoms. The third kappa shape index (κ3) is 4.87. The third-order valence-electron chi connectivity index (χ3n) is 4.80. The first-order valence-corrected chi connectivity index (χ1v) is 11.0. The number of aryl methyl sites for hydroxylation is 2. The van der Waals surface area contributed by atoms with E-state index in [2.05, 4.69) is 15.3 Å². The summed E-state index contributed by atoms with van der Waals surface area (Å²) in [5.41, 5.74) is 1.78. The summed E-state index contributed by atoms with van der Waals surface area (Å²) < 4.78 is 28.8. The fourth-order valence-corrected chi connectivity index (χ4v) is 4.80. The van der Waals surface area contributed by atoms with E-state index < -0.39 is 15.9 Å². The van der Waals surface area contributed by atoms with Gasteiger partial charge in [0, 0.05) is 50.6 Å². The third-order valence-corrected chi connectivity index (χ3v) is 7.14. The van der Waals surface area contributed by atoms with Crippen molar-refractivity contribution < 1.29 is 13.2 Å². The molecule has 0 saturated carbocycles. The van der Waals surface area contributed by atoms with Crippen LogP contribution in [0.2, 0.25) is 5.15 Å². The van der Waals surface area contributed by atoms with Crippen molar-refractivity contribution in [2.24, 2.45) is 7.05 Å². The number of hydrogen-bond donors (Lipinski definition) is 1. The molecule has 1 saturated heterocycles. The molecule has 10 heteroatoms. The number of amides is 1. The number of rotatable bonds is 5. The number of anilines is 1. The molecule has 8 nitrogen and oxygen atoms in total. The van der Waals surface area contributed by atoms with Gasteiger partial charge in [0.1, 0.15) is 5.15 Å². The van der Waals surface area contributed by atoms with Gasteiger partial charge in [0.2, 0.25) is 15.9 Å². The zero-order valence-electron chi connectivity index (χ0n) is 16.6. The van der Waals surface area contributed by atoms with E-state index in [4.69, 9.17) is 11.6 Å². The molecule has 3 rings (SSSR count). The van der Waals surface area contributed by atoms with Crippen LogP contribution >= 0.6 is 11.6 Å². The van der Waals surface area contributed by atoms with Crippen molar-refractivity contribution in [3.63, 3.8) is 0 Å². The predicted molar refractivity (Wildman–Crippen MR) is 113 cm³/mol. The van der Waals surface area contributed by atoms with Gasteiger partial charge in [-0.05, 0) is 38.2 Å². The van der Waals surface area contributed by atoms with Crippen LogP contribution in [0.25, 0.3) is 6.08 Å². The van der Waals surface area contributed by atoms with Gasteiger partial charge in [0.25, 0.3) is 0 Å². The first-order valence-electron chi connectivity index (χ1n) is 9.15. The Hall–Kier alpha value is -2.20. The highest BCUT2D eigenvalue weighted by Crippen LogP contribution is 2.22. The van der Waals surface area contributed by atoms with E-state index in [0.717, 1.165) is 0 Å². The molecule has 1 aromatic heterocycles. The molecule has 0 atom stereocenters. The van der Waals surface area contributed by atoms with Crippen LogP contribution < -0.4 is 5.32 Å². The van der Waals surface area contributed by atoms with E-state index >= 15 is 0 Å². The summed E-state index contributed by atoms with van der Waals surface area (Å²) in [6.45, 7) is 4.08. The number of sulfonamides is 1. The topological polar surface area (TPSA) is 87.5 Å². The van der Waals surface area contributed by atoms with Gasteiger partial charge in [-0.25, -0.2) is 8.42 Å². The van der Waals surface area contributed by atoms with Crippen LogP contribution in [0.4, 0.5) is 5.69 Å². The number of piperazine rings is 1. The first-order chi connectivity index (χ1) is 13.7. The molecule has 156 valence electrons. The monoisotopic (exact) mass is 437 g/mol. The minimum Gasteiger partial charge on any atom is -0.322 e. The molecule has 1 N–H and O–H groups in total. The summed E-state index contributed by atoms with van der Waals surface area (Å²) >= 11 is 6.15. The van der Waals surface area contributed by atoms with Crippen molar-refractivity contribution in [2.75, 3.05) is 38.5 Å². The first kappa shape index (κ1) is 21.5. The maximum absolute atomic E-state index is 12.9. The Morgan fingerprint density at radius 3 is 2.52 bits per heavy atom. The highest BCUT2D eigenvalue weighted by Gasteiger charge is 2.27. The summed E-state index contributed by atoms with van der Waals surface area (Å²) in [5.74, 6) is -0.390. The second-order valence-corrected chi connectivity index (χ2v) is 9.27. The summed E-state index contributed by atoms with van der Waals surface area (Å²) in [7, 11) is 0.0887. The summed E-state index contributed by atoms with van der Waals surface area (Å²) in [4.78, 5) is 14.5. The number of nitrogens with one attached hydrogen (secondary N) is 1. The Bertz CT molecular complexity index is 1040. The number of carbonyl (C=O) groups is 1. The number of hydrogen-bond acceptors (Lipinski definition) is 5. The average molecular weight is 438 g/mol. The van der Waals surface area contributed by atoms with E-state index in [1.165, 1.54) is 27.2 Å². The molecule has 2 heterocycles. The SMILES string of the molecule is Cc1nn(C)c(Cl)c1/C=C/C(=O)Nc1cccc(S(=O)(=O)N2CCN(C)CC2)c1. The molecule has 1 aliphatic rings. The van der Waals surface area contributed by atoms with Crippen molar-refractivity contribution >= 4 is 39.3 Å². The zero-order valence-corrected chi connectivity index (χ0v) is 18.2. The fraction of sp³-hybridized carbons (Fsp3) is 0.368. The normalized spacial score (nSPS) is 16.4. The lowest BCUT2D eigenvalue weighted by molar-refractivity contribution is -0.111. The van der Waals surface area contributed by atoms with Gasteiger partial charge >= 0.3 is 0 Å². The quantitative estimate of drug-likeness (QED) is 0.722. The van der Waals surface area contributed by atoms with E-state index in [1.807, 2.05) is 7.05 Å².